The number of epoxide rings is 1. The molecule has 0 saturated carbocycles. The van der Waals surface area contributed by atoms with Crippen molar-refractivity contribution in [3.63, 3.8) is 0 Å². The fourth-order valence-corrected chi connectivity index (χ4v) is 5.98. The predicted octanol–water partition coefficient (Wildman–Crippen LogP) is 4.83. The zero-order valence-electron chi connectivity index (χ0n) is 22.6. The number of aryl methyl sites for hydroxylation is 1. The van der Waals surface area contributed by atoms with E-state index in [0.717, 1.165) is 35.5 Å². The molecule has 2 aliphatic heterocycles. The Morgan fingerprint density at radius 2 is 2.03 bits per heavy atom. The number of carbonyl (C=O) groups is 2. The van der Waals surface area contributed by atoms with Crippen LogP contribution in [0.15, 0.2) is 11.0 Å². The third-order valence-corrected chi connectivity index (χ3v) is 9.07. The lowest BCUT2D eigenvalue weighted by atomic mass is 9.69. The Balaban J connectivity index is 1.89. The third-order valence-electron chi connectivity index (χ3n) is 8.28. The van der Waals surface area contributed by atoms with Crippen LogP contribution in [0.4, 0.5) is 0 Å². The van der Waals surface area contributed by atoms with E-state index < -0.39 is 23.4 Å². The highest BCUT2D eigenvalue weighted by Crippen LogP contribution is 2.44. The molecular weight excluding hydrogens is 474 g/mol. The number of thiazole rings is 1. The number of carbonyl (C=O) groups excluding carboxylic acids is 2. The molecule has 0 aromatic carbocycles. The topological polar surface area (TPSA) is 116 Å². The Hall–Kier alpha value is -2.08. The van der Waals surface area contributed by atoms with Crippen LogP contribution in [-0.2, 0) is 14.3 Å². The smallest absolute Gasteiger partial charge is 0.221 e. The van der Waals surface area contributed by atoms with Crippen LogP contribution in [0.5, 0.6) is 0 Å². The van der Waals surface area contributed by atoms with Crippen molar-refractivity contribution in [2.75, 3.05) is 0 Å². The predicted molar refractivity (Wildman–Crippen MR) is 141 cm³/mol. The molecule has 2 aliphatic rings. The summed E-state index contributed by atoms with van der Waals surface area (Å²) >= 11 is 1.58. The molecule has 2 saturated heterocycles. The number of Topliss-reactive ketones (excluding diaryl/α,β-unsaturated/α-hetero) is 1. The molecule has 0 spiro atoms. The molecule has 8 heteroatoms. The van der Waals surface area contributed by atoms with Crippen LogP contribution >= 0.6 is 11.3 Å². The Morgan fingerprint density at radius 3 is 2.64 bits per heavy atom. The Morgan fingerprint density at radius 1 is 1.33 bits per heavy atom. The monoisotopic (exact) mass is 515 g/mol. The number of nitriles is 1. The highest BCUT2D eigenvalue weighted by Gasteiger charge is 2.52. The van der Waals surface area contributed by atoms with Crippen LogP contribution < -0.4 is 5.32 Å². The number of nitrogens with one attached hydrogen (secondary N) is 1. The number of ether oxygens (including phenoxy) is 1. The number of rotatable bonds is 2. The molecule has 7 nitrogen and oxygen atoms in total. The molecule has 198 valence electrons. The first-order chi connectivity index (χ1) is 16.8. The maximum Gasteiger partial charge on any atom is 0.221 e. The summed E-state index contributed by atoms with van der Waals surface area (Å²) < 4.78 is 6.11. The zero-order valence-corrected chi connectivity index (χ0v) is 23.4. The van der Waals surface area contributed by atoms with Crippen LogP contribution in [0.2, 0.25) is 0 Å². The average molecular weight is 516 g/mol. The molecule has 36 heavy (non-hydrogen) atoms. The van der Waals surface area contributed by atoms with Crippen LogP contribution in [0.3, 0.4) is 0 Å². The molecule has 3 rings (SSSR count). The van der Waals surface area contributed by atoms with E-state index in [-0.39, 0.29) is 41.8 Å². The molecule has 0 aliphatic carbocycles. The first kappa shape index (κ1) is 28.5. The van der Waals surface area contributed by atoms with E-state index in [4.69, 9.17) is 4.74 Å². The van der Waals surface area contributed by atoms with Gasteiger partial charge in [-0.05, 0) is 51.2 Å². The minimum absolute atomic E-state index is 0.0140. The number of aliphatic hydroxyl groups is 1. The van der Waals surface area contributed by atoms with Gasteiger partial charge in [0.1, 0.15) is 5.78 Å². The summed E-state index contributed by atoms with van der Waals surface area (Å²) in [7, 11) is 0. The number of hydrogen-bond acceptors (Lipinski definition) is 7. The van der Waals surface area contributed by atoms with Crippen LogP contribution in [-0.4, -0.2) is 45.6 Å². The lowest BCUT2D eigenvalue weighted by molar-refractivity contribution is -0.138. The lowest BCUT2D eigenvalue weighted by Crippen LogP contribution is -2.44. The van der Waals surface area contributed by atoms with Crippen molar-refractivity contribution in [3.8, 4) is 6.07 Å². The van der Waals surface area contributed by atoms with E-state index in [0.29, 0.717) is 6.42 Å². The number of nitrogens with zero attached hydrogens (tertiary/aromatic N) is 2. The van der Waals surface area contributed by atoms with Gasteiger partial charge in [0.2, 0.25) is 5.91 Å². The van der Waals surface area contributed by atoms with Crippen molar-refractivity contribution in [1.82, 2.24) is 10.3 Å². The van der Waals surface area contributed by atoms with Crippen molar-refractivity contribution in [2.45, 2.75) is 104 Å². The molecule has 3 heterocycles. The fourth-order valence-electron chi connectivity index (χ4n) is 5.41. The van der Waals surface area contributed by atoms with Gasteiger partial charge in [0.15, 0.2) is 0 Å². The Bertz CT molecular complexity index is 1040. The van der Waals surface area contributed by atoms with Gasteiger partial charge in [-0.1, -0.05) is 34.1 Å². The maximum absolute atomic E-state index is 13.4. The standard InChI is InChI=1S/C28H41N3O4S/c1-16-9-8-10-28(7)23(35-28)13-22(17(2)11-21-15-36-19(4)30-21)31-24(32)12-20(14-29)27(5,6)26(34)18(3)25(16)33/h11,15-16,18,20,22-23,25,33H,8-10,12-13H2,1-7H3,(H,31,32)/b17-11+/t16-,18+,20-,22-,23-,25-,28+/m0/s1. The van der Waals surface area contributed by atoms with Gasteiger partial charge >= 0.3 is 0 Å². The van der Waals surface area contributed by atoms with Gasteiger partial charge < -0.3 is 15.2 Å². The van der Waals surface area contributed by atoms with Crippen LogP contribution in [0.25, 0.3) is 6.08 Å². The van der Waals surface area contributed by atoms with Gasteiger partial charge in [-0.3, -0.25) is 9.59 Å². The lowest BCUT2D eigenvalue weighted by Gasteiger charge is -2.34. The van der Waals surface area contributed by atoms with Crippen LogP contribution in [0.1, 0.15) is 84.3 Å². The molecule has 1 aromatic heterocycles. The molecule has 1 amide bonds. The second kappa shape index (κ2) is 11.1. The third kappa shape index (κ3) is 6.42. The van der Waals surface area contributed by atoms with Gasteiger partial charge in [0, 0.05) is 29.6 Å². The highest BCUT2D eigenvalue weighted by atomic mass is 32.1. The van der Waals surface area contributed by atoms with Crippen molar-refractivity contribution >= 4 is 29.1 Å². The number of hydrogen-bond donors (Lipinski definition) is 2. The van der Waals surface area contributed by atoms with E-state index in [1.807, 2.05) is 32.2 Å². The van der Waals surface area contributed by atoms with Gasteiger partial charge in [0.25, 0.3) is 0 Å². The van der Waals surface area contributed by atoms with E-state index in [9.17, 15) is 20.0 Å². The Labute approximate surface area is 219 Å². The first-order valence-corrected chi connectivity index (χ1v) is 13.9. The molecule has 0 bridgehead atoms. The first-order valence-electron chi connectivity index (χ1n) is 13.0. The number of aromatic nitrogens is 1. The summed E-state index contributed by atoms with van der Waals surface area (Å²) in [5, 5.41) is 26.9. The van der Waals surface area contributed by atoms with Gasteiger partial charge in [-0.15, -0.1) is 11.3 Å². The van der Waals surface area contributed by atoms with E-state index >= 15 is 0 Å². The summed E-state index contributed by atoms with van der Waals surface area (Å²) in [6.45, 7) is 13.2. The van der Waals surface area contributed by atoms with Crippen molar-refractivity contribution < 1.29 is 19.4 Å². The molecule has 2 fully saturated rings. The zero-order chi connectivity index (χ0) is 26.8. The number of fused-ring (bicyclic) bond motifs is 1. The van der Waals surface area contributed by atoms with Gasteiger partial charge in [-0.25, -0.2) is 4.98 Å². The molecule has 7 atom stereocenters. The van der Waals surface area contributed by atoms with Gasteiger partial charge in [0.05, 0.1) is 46.5 Å². The van der Waals surface area contributed by atoms with Crippen LogP contribution in [0, 0.1) is 41.4 Å². The van der Waals surface area contributed by atoms with E-state index in [2.05, 4.69) is 23.3 Å². The minimum Gasteiger partial charge on any atom is -0.392 e. The second-order valence-electron chi connectivity index (χ2n) is 11.6. The SMILES string of the molecule is C/C(=C\c1csc(C)n1)[C@@H]1C[C@@H]2O[C@]2(C)CCC[C@H](C)[C@H](O)[C@@H](C)C(=O)C(C)(C)[C@H](C#N)CC(=O)N1. The molecule has 1 aromatic rings. The fraction of sp³-hybridized carbons (Fsp3) is 0.714. The summed E-state index contributed by atoms with van der Waals surface area (Å²) in [5.41, 5.74) is 0.502. The Kier molecular flexibility index (Phi) is 8.80. The normalized spacial score (nSPS) is 36.5. The van der Waals surface area contributed by atoms with Crippen molar-refractivity contribution in [1.29, 1.82) is 5.26 Å². The largest absolute Gasteiger partial charge is 0.392 e. The maximum atomic E-state index is 13.4. The molecule has 0 radical (unpaired) electrons. The van der Waals surface area contributed by atoms with Crippen molar-refractivity contribution in [3.05, 3.63) is 21.7 Å². The van der Waals surface area contributed by atoms with Crippen molar-refractivity contribution in [2.24, 2.45) is 23.2 Å². The molecule has 2 N–H and O–H groups in total. The average Bonchev–Trinajstić information content (AvgIpc) is 3.26. The summed E-state index contributed by atoms with van der Waals surface area (Å²) in [4.78, 5) is 31.1. The van der Waals surface area contributed by atoms with E-state index in [1.165, 1.54) is 0 Å². The van der Waals surface area contributed by atoms with Gasteiger partial charge in [-0.2, -0.15) is 5.26 Å². The number of amides is 1. The quantitative estimate of drug-likeness (QED) is 0.545. The number of ketones is 1. The summed E-state index contributed by atoms with van der Waals surface area (Å²) in [5.74, 6) is -1.95. The summed E-state index contributed by atoms with van der Waals surface area (Å²) in [6, 6.07) is 1.94. The number of aliphatic hydroxyl groups excluding tert-OH is 1. The van der Waals surface area contributed by atoms with E-state index in [1.54, 1.807) is 32.1 Å². The molecule has 0 unspecified atom stereocenters. The molecular formula is C28H41N3O4S. The minimum atomic E-state index is -1.07. The second-order valence-corrected chi connectivity index (χ2v) is 12.6. The highest BCUT2D eigenvalue weighted by molar-refractivity contribution is 7.09. The summed E-state index contributed by atoms with van der Waals surface area (Å²) in [6.07, 6.45) is 4.27.